The molecule has 0 radical (unpaired) electrons. The van der Waals surface area contributed by atoms with Crippen molar-refractivity contribution in [3.8, 4) is 11.1 Å². The Kier molecular flexibility index (Phi) is 8.28. The molecule has 0 spiro atoms. The summed E-state index contributed by atoms with van der Waals surface area (Å²) in [7, 11) is -2.34. The van der Waals surface area contributed by atoms with Crippen molar-refractivity contribution >= 4 is 31.1 Å². The van der Waals surface area contributed by atoms with Crippen LogP contribution in [-0.4, -0.2) is 47.4 Å². The van der Waals surface area contributed by atoms with Gasteiger partial charge < -0.3 is 24.8 Å². The molecule has 4 N–H and O–H groups in total. The standard InChI is InChI=1S/C26H24B2F2N2O6/c1-38-26(33)21-9-18(13-32(16-21)15-20-11-23(30)5-7-25(20)28(36)37)17-3-2-8-31(12-17)14-19-10-22(29)4-6-24(19)27(34)35/h2-13,16,34-37H,14-15H2,1H3/q+2. The molecule has 4 rings (SSSR count). The van der Waals surface area contributed by atoms with Gasteiger partial charge in [0.05, 0.1) is 18.2 Å². The van der Waals surface area contributed by atoms with Gasteiger partial charge in [0.1, 0.15) is 17.2 Å². The molecule has 0 fully saturated rings. The molecule has 192 valence electrons. The highest BCUT2D eigenvalue weighted by Crippen LogP contribution is 2.18. The van der Waals surface area contributed by atoms with Crippen molar-refractivity contribution in [1.82, 2.24) is 0 Å². The molecule has 0 bridgehead atoms. The first-order chi connectivity index (χ1) is 18.1. The number of halogens is 2. The summed E-state index contributed by atoms with van der Waals surface area (Å²) < 4.78 is 36.0. The number of carbonyl (C=O) groups is 1. The highest BCUT2D eigenvalue weighted by atomic mass is 19.1. The van der Waals surface area contributed by atoms with E-state index >= 15 is 0 Å². The molecule has 2 aromatic carbocycles. The Morgan fingerprint density at radius 2 is 1.34 bits per heavy atom. The third kappa shape index (κ3) is 6.29. The molecule has 0 aliphatic carbocycles. The predicted molar refractivity (Wildman–Crippen MR) is 134 cm³/mol. The van der Waals surface area contributed by atoms with Crippen LogP contribution in [0.5, 0.6) is 0 Å². The van der Waals surface area contributed by atoms with Crippen LogP contribution >= 0.6 is 0 Å². The Bertz CT molecular complexity index is 1490. The zero-order valence-electron chi connectivity index (χ0n) is 20.3. The van der Waals surface area contributed by atoms with Gasteiger partial charge in [0, 0.05) is 17.2 Å². The molecule has 8 nitrogen and oxygen atoms in total. The number of aromatic nitrogens is 2. The average Bonchev–Trinajstić information content (AvgIpc) is 2.88. The van der Waals surface area contributed by atoms with Crippen molar-refractivity contribution in [3.05, 3.63) is 108 Å². The van der Waals surface area contributed by atoms with Gasteiger partial charge in [-0.2, -0.15) is 4.57 Å². The average molecular weight is 520 g/mol. The predicted octanol–water partition coefficient (Wildman–Crippen LogP) is -0.550. The summed E-state index contributed by atoms with van der Waals surface area (Å²) in [6.45, 7) is 0.159. The fourth-order valence-corrected chi connectivity index (χ4v) is 4.23. The number of nitrogens with zero attached hydrogens (tertiary/aromatic N) is 2. The molecule has 4 aromatic rings. The number of hydrogen-bond acceptors (Lipinski definition) is 6. The van der Waals surface area contributed by atoms with Crippen LogP contribution in [0.3, 0.4) is 0 Å². The maximum Gasteiger partial charge on any atom is 0.488 e. The number of ether oxygens (including phenoxy) is 1. The highest BCUT2D eigenvalue weighted by molar-refractivity contribution is 6.59. The maximum atomic E-state index is 13.9. The van der Waals surface area contributed by atoms with E-state index < -0.39 is 31.8 Å². The molecule has 0 saturated heterocycles. The third-order valence-electron chi connectivity index (χ3n) is 6.01. The van der Waals surface area contributed by atoms with E-state index in [4.69, 9.17) is 4.74 Å². The summed E-state index contributed by atoms with van der Waals surface area (Å²) in [6, 6.07) is 12.4. The summed E-state index contributed by atoms with van der Waals surface area (Å²) in [5, 5.41) is 38.7. The number of esters is 1. The first-order valence-corrected chi connectivity index (χ1v) is 11.6. The van der Waals surface area contributed by atoms with E-state index in [1.807, 2.05) is 0 Å². The highest BCUT2D eigenvalue weighted by Gasteiger charge is 2.23. The minimum atomic E-state index is -1.81. The van der Waals surface area contributed by atoms with Crippen LogP contribution in [-0.2, 0) is 17.8 Å². The Hall–Kier alpha value is -3.96. The van der Waals surface area contributed by atoms with Crippen LogP contribution in [0.4, 0.5) is 8.78 Å². The van der Waals surface area contributed by atoms with Gasteiger partial charge in [0.2, 0.25) is 0 Å². The second-order valence-electron chi connectivity index (χ2n) is 8.68. The Balaban J connectivity index is 1.74. The number of pyridine rings is 2. The van der Waals surface area contributed by atoms with E-state index in [2.05, 4.69) is 0 Å². The van der Waals surface area contributed by atoms with Crippen molar-refractivity contribution in [2.45, 2.75) is 13.1 Å². The fourth-order valence-electron chi connectivity index (χ4n) is 4.23. The molecule has 0 saturated carbocycles. The smallest absolute Gasteiger partial charge is 0.465 e. The zero-order valence-corrected chi connectivity index (χ0v) is 20.3. The van der Waals surface area contributed by atoms with E-state index in [0.717, 1.165) is 12.1 Å². The van der Waals surface area contributed by atoms with E-state index in [0.29, 0.717) is 22.3 Å². The number of hydrogen-bond donors (Lipinski definition) is 4. The van der Waals surface area contributed by atoms with Crippen molar-refractivity contribution in [3.63, 3.8) is 0 Å². The minimum Gasteiger partial charge on any atom is -0.465 e. The van der Waals surface area contributed by atoms with Crippen LogP contribution < -0.4 is 20.1 Å². The molecule has 0 amide bonds. The third-order valence-corrected chi connectivity index (χ3v) is 6.01. The van der Waals surface area contributed by atoms with Crippen LogP contribution in [0.25, 0.3) is 11.1 Å². The van der Waals surface area contributed by atoms with Crippen molar-refractivity contribution in [2.75, 3.05) is 7.11 Å². The second kappa shape index (κ2) is 11.6. The maximum absolute atomic E-state index is 13.9. The SMILES string of the molecule is COC(=O)c1cc(-c2ccc[n+](Cc3cc(F)ccc3B(O)O)c2)c[n+](Cc2cc(F)ccc2B(O)O)c1. The van der Waals surface area contributed by atoms with Gasteiger partial charge in [-0.25, -0.2) is 18.1 Å². The number of benzene rings is 2. The summed E-state index contributed by atoms with van der Waals surface area (Å²) in [4.78, 5) is 12.4. The first kappa shape index (κ1) is 27.1. The lowest BCUT2D eigenvalue weighted by molar-refractivity contribution is -0.689. The summed E-state index contributed by atoms with van der Waals surface area (Å²) >= 11 is 0. The number of carbonyl (C=O) groups excluding carboxylic acids is 1. The van der Waals surface area contributed by atoms with Gasteiger partial charge >= 0.3 is 20.2 Å². The summed E-state index contributed by atoms with van der Waals surface area (Å²) in [6.07, 6.45) is 6.67. The lowest BCUT2D eigenvalue weighted by Gasteiger charge is -2.09. The van der Waals surface area contributed by atoms with Gasteiger partial charge in [0.25, 0.3) is 0 Å². The molecule has 38 heavy (non-hydrogen) atoms. The molecule has 2 heterocycles. The Morgan fingerprint density at radius 1 is 0.789 bits per heavy atom. The second-order valence-corrected chi connectivity index (χ2v) is 8.68. The van der Waals surface area contributed by atoms with E-state index in [-0.39, 0.29) is 29.6 Å². The fraction of sp³-hybridized carbons (Fsp3) is 0.115. The molecule has 2 aromatic heterocycles. The van der Waals surface area contributed by atoms with Crippen LogP contribution in [0.1, 0.15) is 21.5 Å². The van der Waals surface area contributed by atoms with Gasteiger partial charge in [-0.3, -0.25) is 0 Å². The zero-order chi connectivity index (χ0) is 27.4. The molecule has 0 aliphatic heterocycles. The van der Waals surface area contributed by atoms with Crippen molar-refractivity contribution < 1.29 is 47.5 Å². The van der Waals surface area contributed by atoms with Crippen molar-refractivity contribution in [2.24, 2.45) is 0 Å². The van der Waals surface area contributed by atoms with Gasteiger partial charge in [-0.15, -0.1) is 0 Å². The molecule has 12 heteroatoms. The Morgan fingerprint density at radius 3 is 1.89 bits per heavy atom. The Labute approximate surface area is 217 Å². The van der Waals surface area contributed by atoms with Crippen LogP contribution in [0, 0.1) is 11.6 Å². The molecule has 0 atom stereocenters. The van der Waals surface area contributed by atoms with Crippen molar-refractivity contribution in [1.29, 1.82) is 0 Å². The van der Waals surface area contributed by atoms with E-state index in [1.165, 1.54) is 37.6 Å². The largest absolute Gasteiger partial charge is 0.488 e. The number of methoxy groups -OCH3 is 1. The quantitative estimate of drug-likeness (QED) is 0.141. The molecule has 0 unspecified atom stereocenters. The van der Waals surface area contributed by atoms with Gasteiger partial charge in [-0.1, -0.05) is 12.1 Å². The van der Waals surface area contributed by atoms with Gasteiger partial charge in [0.15, 0.2) is 37.9 Å². The summed E-state index contributed by atoms with van der Waals surface area (Å²) in [5.74, 6) is -1.67. The number of rotatable bonds is 8. The topological polar surface area (TPSA) is 115 Å². The van der Waals surface area contributed by atoms with E-state index in [9.17, 15) is 33.7 Å². The molecular formula is C26H24B2F2N2O6+2. The summed E-state index contributed by atoms with van der Waals surface area (Å²) in [5.41, 5.74) is 2.44. The van der Waals surface area contributed by atoms with E-state index in [1.54, 1.807) is 45.9 Å². The van der Waals surface area contributed by atoms with Crippen LogP contribution in [0.2, 0.25) is 0 Å². The lowest BCUT2D eigenvalue weighted by Crippen LogP contribution is -2.41. The molecular weight excluding hydrogens is 496 g/mol. The molecule has 0 aliphatic rings. The normalized spacial score (nSPS) is 10.8. The monoisotopic (exact) mass is 520 g/mol. The lowest BCUT2D eigenvalue weighted by atomic mass is 9.77. The van der Waals surface area contributed by atoms with Gasteiger partial charge in [-0.05, 0) is 47.3 Å². The first-order valence-electron chi connectivity index (χ1n) is 11.6. The van der Waals surface area contributed by atoms with Crippen LogP contribution in [0.15, 0.2) is 79.4 Å². The minimum absolute atomic E-state index is 0.0242.